The van der Waals surface area contributed by atoms with Gasteiger partial charge in [-0.05, 0) is 30.5 Å². The lowest BCUT2D eigenvalue weighted by Gasteiger charge is -2.21. The SMILES string of the molecule is CCCc1nnc(NC(=O)[C@@H](NC(=O)c2cccc(S(=O)(=O)N(CC)CC)c2)C(C)C)s1. The van der Waals surface area contributed by atoms with Crippen LogP contribution in [0.25, 0.3) is 0 Å². The number of amides is 2. The van der Waals surface area contributed by atoms with E-state index in [-0.39, 0.29) is 16.4 Å². The van der Waals surface area contributed by atoms with Crippen molar-refractivity contribution in [3.8, 4) is 0 Å². The van der Waals surface area contributed by atoms with Gasteiger partial charge in [0.2, 0.25) is 21.1 Å². The smallest absolute Gasteiger partial charge is 0.251 e. The van der Waals surface area contributed by atoms with Gasteiger partial charge in [0.1, 0.15) is 11.0 Å². The van der Waals surface area contributed by atoms with Crippen molar-refractivity contribution in [3.63, 3.8) is 0 Å². The first-order valence-corrected chi connectivity index (χ1v) is 12.9. The van der Waals surface area contributed by atoms with Crippen LogP contribution in [0, 0.1) is 5.92 Å². The molecule has 0 radical (unpaired) electrons. The molecule has 2 N–H and O–H groups in total. The Morgan fingerprint density at radius 2 is 1.81 bits per heavy atom. The van der Waals surface area contributed by atoms with Crippen molar-refractivity contribution in [1.82, 2.24) is 19.8 Å². The molecule has 2 aromatic rings. The third kappa shape index (κ3) is 6.33. The minimum atomic E-state index is -3.70. The Balaban J connectivity index is 2.18. The van der Waals surface area contributed by atoms with Gasteiger partial charge in [0, 0.05) is 25.1 Å². The van der Waals surface area contributed by atoms with Crippen molar-refractivity contribution in [2.45, 2.75) is 58.4 Å². The summed E-state index contributed by atoms with van der Waals surface area (Å²) in [6.45, 7) is 9.83. The van der Waals surface area contributed by atoms with Crippen LogP contribution in [0.2, 0.25) is 0 Å². The molecule has 2 rings (SSSR count). The second kappa shape index (κ2) is 11.5. The quantitative estimate of drug-likeness (QED) is 0.509. The molecule has 1 aromatic carbocycles. The lowest BCUT2D eigenvalue weighted by molar-refractivity contribution is -0.118. The molecule has 1 heterocycles. The molecular formula is C21H31N5O4S2. The Labute approximate surface area is 193 Å². The van der Waals surface area contributed by atoms with Gasteiger partial charge in [0.15, 0.2) is 0 Å². The molecule has 32 heavy (non-hydrogen) atoms. The number of rotatable bonds is 11. The molecule has 176 valence electrons. The number of hydrogen-bond donors (Lipinski definition) is 2. The van der Waals surface area contributed by atoms with E-state index in [1.54, 1.807) is 13.8 Å². The standard InChI is InChI=1S/C21H31N5O4S2/c1-6-10-17-24-25-21(31-17)23-20(28)18(14(4)5)22-19(27)15-11-9-12-16(13-15)32(29,30)26(7-2)8-3/h9,11-14,18H,6-8,10H2,1-5H3,(H,22,27)(H,23,25,28)/t18-/m0/s1. The van der Waals surface area contributed by atoms with Gasteiger partial charge in [0.05, 0.1) is 4.90 Å². The highest BCUT2D eigenvalue weighted by Gasteiger charge is 2.27. The molecule has 11 heteroatoms. The van der Waals surface area contributed by atoms with Gasteiger partial charge in [0.25, 0.3) is 5.91 Å². The monoisotopic (exact) mass is 481 g/mol. The molecule has 1 aromatic heterocycles. The largest absolute Gasteiger partial charge is 0.340 e. The summed E-state index contributed by atoms with van der Waals surface area (Å²) in [5.74, 6) is -1.14. The summed E-state index contributed by atoms with van der Waals surface area (Å²) in [7, 11) is -3.70. The molecule has 1 atom stereocenters. The molecule has 0 saturated heterocycles. The van der Waals surface area contributed by atoms with Gasteiger partial charge >= 0.3 is 0 Å². The Morgan fingerprint density at radius 3 is 2.41 bits per heavy atom. The maximum absolute atomic E-state index is 12.9. The maximum atomic E-state index is 12.9. The highest BCUT2D eigenvalue weighted by Crippen LogP contribution is 2.19. The van der Waals surface area contributed by atoms with E-state index in [2.05, 4.69) is 20.8 Å². The van der Waals surface area contributed by atoms with Crippen LogP contribution in [-0.2, 0) is 21.2 Å². The lowest BCUT2D eigenvalue weighted by atomic mass is 10.0. The Bertz CT molecular complexity index is 1030. The predicted octanol–water partition coefficient (Wildman–Crippen LogP) is 2.91. The summed E-state index contributed by atoms with van der Waals surface area (Å²) in [6.07, 6.45) is 1.71. The predicted molar refractivity (Wildman–Crippen MR) is 125 cm³/mol. The van der Waals surface area contributed by atoms with Crippen LogP contribution in [0.5, 0.6) is 0 Å². The van der Waals surface area contributed by atoms with Crippen molar-refractivity contribution in [3.05, 3.63) is 34.8 Å². The van der Waals surface area contributed by atoms with E-state index in [4.69, 9.17) is 0 Å². The van der Waals surface area contributed by atoms with E-state index < -0.39 is 27.9 Å². The zero-order chi connectivity index (χ0) is 23.9. The number of nitrogens with one attached hydrogen (secondary N) is 2. The molecule has 0 aliphatic heterocycles. The fourth-order valence-corrected chi connectivity index (χ4v) is 5.42. The zero-order valence-electron chi connectivity index (χ0n) is 19.1. The van der Waals surface area contributed by atoms with Crippen LogP contribution >= 0.6 is 11.3 Å². The number of sulfonamides is 1. The molecule has 0 spiro atoms. The molecule has 9 nitrogen and oxygen atoms in total. The second-order valence-electron chi connectivity index (χ2n) is 7.55. The third-order valence-corrected chi connectivity index (χ3v) is 7.78. The molecule has 0 unspecified atom stereocenters. The highest BCUT2D eigenvalue weighted by molar-refractivity contribution is 7.89. The highest BCUT2D eigenvalue weighted by atomic mass is 32.2. The van der Waals surface area contributed by atoms with Crippen molar-refractivity contribution < 1.29 is 18.0 Å². The first-order valence-electron chi connectivity index (χ1n) is 10.7. The second-order valence-corrected chi connectivity index (χ2v) is 10.6. The van der Waals surface area contributed by atoms with Gasteiger partial charge in [-0.1, -0.05) is 52.0 Å². The van der Waals surface area contributed by atoms with Crippen LogP contribution in [0.1, 0.15) is 56.4 Å². The number of carbonyl (C=O) groups is 2. The fraction of sp³-hybridized carbons (Fsp3) is 0.524. The average Bonchev–Trinajstić information content (AvgIpc) is 3.19. The summed E-state index contributed by atoms with van der Waals surface area (Å²) in [6, 6.07) is 5.00. The molecule has 0 bridgehead atoms. The number of benzene rings is 1. The first kappa shape index (κ1) is 25.9. The molecule has 0 saturated carbocycles. The number of nitrogens with zero attached hydrogens (tertiary/aromatic N) is 3. The maximum Gasteiger partial charge on any atom is 0.251 e. The van der Waals surface area contributed by atoms with E-state index in [1.165, 1.54) is 39.9 Å². The summed E-state index contributed by atoms with van der Waals surface area (Å²) in [5, 5.41) is 14.7. The number of anilines is 1. The van der Waals surface area contributed by atoms with Gasteiger partial charge < -0.3 is 5.32 Å². The minimum absolute atomic E-state index is 0.0386. The van der Waals surface area contributed by atoms with E-state index in [1.807, 2.05) is 20.8 Å². The van der Waals surface area contributed by atoms with Crippen molar-refractivity contribution in [2.24, 2.45) is 5.92 Å². The molecular weight excluding hydrogens is 450 g/mol. The minimum Gasteiger partial charge on any atom is -0.340 e. The van der Waals surface area contributed by atoms with Crippen LogP contribution in [0.15, 0.2) is 29.2 Å². The summed E-state index contributed by atoms with van der Waals surface area (Å²) in [5.41, 5.74) is 0.165. The number of carbonyl (C=O) groups excluding carboxylic acids is 2. The van der Waals surface area contributed by atoms with Gasteiger partial charge in [-0.15, -0.1) is 10.2 Å². The number of aryl methyl sites for hydroxylation is 1. The van der Waals surface area contributed by atoms with Crippen LogP contribution in [0.3, 0.4) is 0 Å². The fourth-order valence-electron chi connectivity index (χ4n) is 3.07. The summed E-state index contributed by atoms with van der Waals surface area (Å²) >= 11 is 1.30. The first-order chi connectivity index (χ1) is 15.1. The van der Waals surface area contributed by atoms with Gasteiger partial charge in [-0.25, -0.2) is 8.42 Å². The van der Waals surface area contributed by atoms with E-state index in [0.717, 1.165) is 17.8 Å². The third-order valence-electron chi connectivity index (χ3n) is 4.84. The molecule has 0 aliphatic carbocycles. The average molecular weight is 482 g/mol. The molecule has 0 aliphatic rings. The Morgan fingerprint density at radius 1 is 1.12 bits per heavy atom. The van der Waals surface area contributed by atoms with E-state index in [9.17, 15) is 18.0 Å². The topological polar surface area (TPSA) is 121 Å². The Hall–Kier alpha value is -2.37. The van der Waals surface area contributed by atoms with E-state index >= 15 is 0 Å². The van der Waals surface area contributed by atoms with Gasteiger partial charge in [-0.2, -0.15) is 4.31 Å². The van der Waals surface area contributed by atoms with Crippen LogP contribution < -0.4 is 10.6 Å². The summed E-state index contributed by atoms with van der Waals surface area (Å²) in [4.78, 5) is 25.7. The van der Waals surface area contributed by atoms with E-state index in [0.29, 0.717) is 18.2 Å². The Kier molecular flexibility index (Phi) is 9.29. The van der Waals surface area contributed by atoms with Crippen LogP contribution in [0.4, 0.5) is 5.13 Å². The van der Waals surface area contributed by atoms with Crippen LogP contribution in [-0.4, -0.2) is 53.9 Å². The normalized spacial score (nSPS) is 12.7. The number of aromatic nitrogens is 2. The van der Waals surface area contributed by atoms with Crippen molar-refractivity contribution in [1.29, 1.82) is 0 Å². The molecule has 2 amide bonds. The molecule has 0 fully saturated rings. The number of hydrogen-bond acceptors (Lipinski definition) is 7. The summed E-state index contributed by atoms with van der Waals surface area (Å²) < 4.78 is 26.9. The zero-order valence-corrected chi connectivity index (χ0v) is 20.7. The van der Waals surface area contributed by atoms with Gasteiger partial charge in [-0.3, -0.25) is 14.9 Å². The lowest BCUT2D eigenvalue weighted by Crippen LogP contribution is -2.47. The van der Waals surface area contributed by atoms with Crippen molar-refractivity contribution in [2.75, 3.05) is 18.4 Å². The van der Waals surface area contributed by atoms with Crippen molar-refractivity contribution >= 4 is 38.3 Å².